The number of pyridine rings is 2. The molecule has 1 aliphatic carbocycles. The van der Waals surface area contributed by atoms with E-state index in [0.717, 1.165) is 29.7 Å². The zero-order valence-corrected chi connectivity index (χ0v) is 9.31. The van der Waals surface area contributed by atoms with Crippen molar-refractivity contribution in [3.63, 3.8) is 0 Å². The first-order chi connectivity index (χ1) is 8.17. The summed E-state index contributed by atoms with van der Waals surface area (Å²) < 4.78 is 0. The highest BCUT2D eigenvalue weighted by Gasteiger charge is 2.41. The quantitative estimate of drug-likeness (QED) is 0.814. The summed E-state index contributed by atoms with van der Waals surface area (Å²) in [5.74, 6) is 0. The second-order valence-electron chi connectivity index (χ2n) is 4.53. The Morgan fingerprint density at radius 1 is 1.18 bits per heavy atom. The maximum Gasteiger partial charge on any atom is 0.247 e. The van der Waals surface area contributed by atoms with E-state index in [2.05, 4.69) is 9.97 Å². The van der Waals surface area contributed by atoms with E-state index in [-0.39, 0.29) is 11.1 Å². The number of nitrogens with zero attached hydrogens (tertiary/aromatic N) is 1. The maximum atomic E-state index is 11.0. The molecule has 0 aliphatic heterocycles. The molecule has 0 saturated heterocycles. The van der Waals surface area contributed by atoms with Gasteiger partial charge >= 0.3 is 0 Å². The van der Waals surface area contributed by atoms with Gasteiger partial charge in [0.05, 0.1) is 11.2 Å². The van der Waals surface area contributed by atoms with Gasteiger partial charge in [0.2, 0.25) is 5.56 Å². The second-order valence-corrected chi connectivity index (χ2v) is 4.53. The summed E-state index contributed by atoms with van der Waals surface area (Å²) >= 11 is 0. The standard InChI is InChI=1S/C13H13N3O/c14-13(5-6-13)11-3-1-9(7-15-11)10-2-4-12(17)16-8-10/h1-4,7-8H,5-6,14H2,(H,16,17). The number of nitrogens with two attached hydrogens (primary N) is 1. The molecule has 0 bridgehead atoms. The third-order valence-corrected chi connectivity index (χ3v) is 3.18. The van der Waals surface area contributed by atoms with E-state index in [1.165, 1.54) is 6.07 Å². The van der Waals surface area contributed by atoms with Gasteiger partial charge in [0, 0.05) is 24.0 Å². The normalized spacial score (nSPS) is 16.8. The van der Waals surface area contributed by atoms with Crippen molar-refractivity contribution in [2.24, 2.45) is 5.73 Å². The van der Waals surface area contributed by atoms with Crippen molar-refractivity contribution in [1.82, 2.24) is 9.97 Å². The molecule has 4 heteroatoms. The fraction of sp³-hybridized carbons (Fsp3) is 0.231. The van der Waals surface area contributed by atoms with Crippen LogP contribution in [0.4, 0.5) is 0 Å². The third-order valence-electron chi connectivity index (χ3n) is 3.18. The van der Waals surface area contributed by atoms with E-state index in [4.69, 9.17) is 5.73 Å². The molecule has 2 heterocycles. The van der Waals surface area contributed by atoms with E-state index in [0.29, 0.717) is 0 Å². The van der Waals surface area contributed by atoms with E-state index in [1.54, 1.807) is 18.5 Å². The third kappa shape index (κ3) is 1.87. The summed E-state index contributed by atoms with van der Waals surface area (Å²) in [7, 11) is 0. The Kier molecular flexibility index (Phi) is 2.12. The van der Waals surface area contributed by atoms with Crippen molar-refractivity contribution in [3.8, 4) is 11.1 Å². The van der Waals surface area contributed by atoms with Crippen LogP contribution in [0.3, 0.4) is 0 Å². The number of rotatable bonds is 2. The first-order valence-electron chi connectivity index (χ1n) is 5.62. The maximum absolute atomic E-state index is 11.0. The molecular weight excluding hydrogens is 214 g/mol. The minimum Gasteiger partial charge on any atom is -0.328 e. The minimum absolute atomic E-state index is 0.0998. The monoisotopic (exact) mass is 227 g/mol. The van der Waals surface area contributed by atoms with Crippen LogP contribution in [0, 0.1) is 0 Å². The lowest BCUT2D eigenvalue weighted by molar-refractivity contribution is 0.708. The van der Waals surface area contributed by atoms with E-state index >= 15 is 0 Å². The Morgan fingerprint density at radius 3 is 2.47 bits per heavy atom. The predicted octanol–water partition coefficient (Wildman–Crippen LogP) is 1.38. The van der Waals surface area contributed by atoms with Gasteiger partial charge in [-0.3, -0.25) is 9.78 Å². The summed E-state index contributed by atoms with van der Waals surface area (Å²) in [4.78, 5) is 18.0. The van der Waals surface area contributed by atoms with Crippen molar-refractivity contribution < 1.29 is 0 Å². The number of nitrogens with one attached hydrogen (secondary N) is 1. The van der Waals surface area contributed by atoms with Crippen LogP contribution in [0.5, 0.6) is 0 Å². The average molecular weight is 227 g/mol. The topological polar surface area (TPSA) is 71.8 Å². The van der Waals surface area contributed by atoms with Crippen molar-refractivity contribution in [2.75, 3.05) is 0 Å². The Morgan fingerprint density at radius 2 is 1.94 bits per heavy atom. The first-order valence-corrected chi connectivity index (χ1v) is 5.62. The van der Waals surface area contributed by atoms with Crippen LogP contribution in [0.15, 0.2) is 41.5 Å². The van der Waals surface area contributed by atoms with Gasteiger partial charge in [-0.25, -0.2) is 0 Å². The predicted molar refractivity (Wildman–Crippen MR) is 65.4 cm³/mol. The van der Waals surface area contributed by atoms with Gasteiger partial charge in [0.25, 0.3) is 0 Å². The molecule has 0 radical (unpaired) electrons. The molecule has 0 amide bonds. The zero-order chi connectivity index (χ0) is 11.9. The largest absolute Gasteiger partial charge is 0.328 e. The SMILES string of the molecule is NC1(c2ccc(-c3ccc(=O)[nH]c3)cn2)CC1. The fourth-order valence-electron chi connectivity index (χ4n) is 1.84. The molecule has 86 valence electrons. The number of hydrogen-bond donors (Lipinski definition) is 2. The van der Waals surface area contributed by atoms with Crippen LogP contribution < -0.4 is 11.3 Å². The number of H-pyrrole nitrogens is 1. The summed E-state index contributed by atoms with van der Waals surface area (Å²) in [5, 5.41) is 0. The van der Waals surface area contributed by atoms with E-state index in [9.17, 15) is 4.79 Å². The van der Waals surface area contributed by atoms with Gasteiger partial charge in [-0.1, -0.05) is 6.07 Å². The van der Waals surface area contributed by atoms with Crippen molar-refractivity contribution in [2.45, 2.75) is 18.4 Å². The summed E-state index contributed by atoms with van der Waals surface area (Å²) in [5.41, 5.74) is 8.66. The average Bonchev–Trinajstić information content (AvgIpc) is 3.10. The Hall–Kier alpha value is -1.94. The lowest BCUT2D eigenvalue weighted by Gasteiger charge is -2.08. The molecule has 4 nitrogen and oxygen atoms in total. The molecule has 0 aromatic carbocycles. The molecule has 2 aromatic rings. The highest BCUT2D eigenvalue weighted by atomic mass is 16.1. The van der Waals surface area contributed by atoms with Crippen molar-refractivity contribution >= 4 is 0 Å². The van der Waals surface area contributed by atoms with Crippen LogP contribution in [0.25, 0.3) is 11.1 Å². The van der Waals surface area contributed by atoms with Gasteiger partial charge in [0.15, 0.2) is 0 Å². The number of hydrogen-bond acceptors (Lipinski definition) is 3. The second kappa shape index (κ2) is 3.53. The van der Waals surface area contributed by atoms with Crippen molar-refractivity contribution in [3.05, 3.63) is 52.7 Å². The molecule has 3 rings (SSSR count). The molecular formula is C13H13N3O. The Bertz CT molecular complexity index is 576. The highest BCUT2D eigenvalue weighted by Crippen LogP contribution is 2.41. The van der Waals surface area contributed by atoms with Gasteiger partial charge in [-0.15, -0.1) is 0 Å². The van der Waals surface area contributed by atoms with E-state index in [1.807, 2.05) is 12.1 Å². The van der Waals surface area contributed by atoms with Gasteiger partial charge in [0.1, 0.15) is 0 Å². The zero-order valence-electron chi connectivity index (χ0n) is 9.31. The molecule has 1 aliphatic rings. The summed E-state index contributed by atoms with van der Waals surface area (Å²) in [6.45, 7) is 0. The van der Waals surface area contributed by atoms with Crippen LogP contribution in [-0.2, 0) is 5.54 Å². The molecule has 0 unspecified atom stereocenters. The van der Waals surface area contributed by atoms with Crippen LogP contribution >= 0.6 is 0 Å². The van der Waals surface area contributed by atoms with Gasteiger partial charge in [-0.05, 0) is 30.5 Å². The van der Waals surface area contributed by atoms with Crippen LogP contribution in [-0.4, -0.2) is 9.97 Å². The first kappa shape index (κ1) is 10.2. The molecule has 1 saturated carbocycles. The molecule has 0 spiro atoms. The molecule has 0 atom stereocenters. The smallest absolute Gasteiger partial charge is 0.247 e. The van der Waals surface area contributed by atoms with Crippen LogP contribution in [0.2, 0.25) is 0 Å². The Balaban J connectivity index is 1.94. The summed E-state index contributed by atoms with van der Waals surface area (Å²) in [6.07, 6.45) is 5.51. The molecule has 17 heavy (non-hydrogen) atoms. The van der Waals surface area contributed by atoms with Crippen molar-refractivity contribution in [1.29, 1.82) is 0 Å². The molecule has 3 N–H and O–H groups in total. The highest BCUT2D eigenvalue weighted by molar-refractivity contribution is 5.61. The van der Waals surface area contributed by atoms with Gasteiger partial charge < -0.3 is 10.7 Å². The van der Waals surface area contributed by atoms with Crippen LogP contribution in [0.1, 0.15) is 18.5 Å². The lowest BCUT2D eigenvalue weighted by atomic mass is 10.1. The Labute approximate surface area is 98.5 Å². The van der Waals surface area contributed by atoms with E-state index < -0.39 is 0 Å². The minimum atomic E-state index is -0.191. The number of aromatic nitrogens is 2. The molecule has 2 aromatic heterocycles. The van der Waals surface area contributed by atoms with Gasteiger partial charge in [-0.2, -0.15) is 0 Å². The summed E-state index contributed by atoms with van der Waals surface area (Å²) in [6, 6.07) is 7.25. The fourth-order valence-corrected chi connectivity index (χ4v) is 1.84. The lowest BCUT2D eigenvalue weighted by Crippen LogP contribution is -2.19. The number of aromatic amines is 1. The molecule has 1 fully saturated rings.